The molecular formula is C21H32N2O4S. The lowest BCUT2D eigenvalue weighted by atomic mass is 9.77. The summed E-state index contributed by atoms with van der Waals surface area (Å²) >= 11 is 0. The molecule has 1 aromatic rings. The fourth-order valence-electron chi connectivity index (χ4n) is 5.15. The van der Waals surface area contributed by atoms with E-state index in [-0.39, 0.29) is 24.2 Å². The predicted octanol–water partition coefficient (Wildman–Crippen LogP) is 2.01. The number of aliphatic hydroxyl groups excluding tert-OH is 1. The molecule has 1 N–H and O–H groups in total. The zero-order chi connectivity index (χ0) is 19.8. The van der Waals surface area contributed by atoms with E-state index >= 15 is 0 Å². The first-order chi connectivity index (χ1) is 13.4. The molecule has 0 saturated carbocycles. The molecule has 0 unspecified atom stereocenters. The van der Waals surface area contributed by atoms with E-state index in [1.54, 1.807) is 16.4 Å². The Morgan fingerprint density at radius 3 is 2.68 bits per heavy atom. The van der Waals surface area contributed by atoms with Crippen molar-refractivity contribution in [2.45, 2.75) is 56.1 Å². The lowest BCUT2D eigenvalue weighted by Crippen LogP contribution is -2.44. The quantitative estimate of drug-likeness (QED) is 0.807. The minimum Gasteiger partial charge on any atom is -0.395 e. The highest BCUT2D eigenvalue weighted by Crippen LogP contribution is 2.43. The number of nitrogens with zero attached hydrogens (tertiary/aromatic N) is 2. The van der Waals surface area contributed by atoms with Gasteiger partial charge in [0.25, 0.3) is 0 Å². The summed E-state index contributed by atoms with van der Waals surface area (Å²) in [6.07, 6.45) is 5.14. The van der Waals surface area contributed by atoms with Crippen LogP contribution in [0.25, 0.3) is 0 Å². The van der Waals surface area contributed by atoms with Gasteiger partial charge in [-0.2, -0.15) is 4.31 Å². The van der Waals surface area contributed by atoms with Crippen LogP contribution in [-0.2, 0) is 14.8 Å². The second kappa shape index (κ2) is 8.03. The third kappa shape index (κ3) is 3.87. The maximum Gasteiger partial charge on any atom is 0.243 e. The van der Waals surface area contributed by atoms with Crippen LogP contribution in [0.1, 0.15) is 37.7 Å². The lowest BCUT2D eigenvalue weighted by Gasteiger charge is -2.38. The molecule has 28 heavy (non-hydrogen) atoms. The van der Waals surface area contributed by atoms with Gasteiger partial charge in [-0.1, -0.05) is 18.2 Å². The SMILES string of the molecule is Cc1ccccc1S(=O)(=O)N1CCC2(CC1)CO[C@@H](CN1CCC[C@H]1CO)C2. The number of hydrogen-bond acceptors (Lipinski definition) is 5. The number of ether oxygens (including phenoxy) is 1. The highest BCUT2D eigenvalue weighted by atomic mass is 32.2. The van der Waals surface area contributed by atoms with Gasteiger partial charge in [0.1, 0.15) is 0 Å². The Morgan fingerprint density at radius 1 is 1.21 bits per heavy atom. The van der Waals surface area contributed by atoms with Crippen molar-refractivity contribution in [1.29, 1.82) is 0 Å². The Labute approximate surface area is 168 Å². The number of aryl methyl sites for hydroxylation is 1. The van der Waals surface area contributed by atoms with Crippen molar-refractivity contribution in [3.63, 3.8) is 0 Å². The van der Waals surface area contributed by atoms with E-state index in [1.165, 1.54) is 0 Å². The lowest BCUT2D eigenvalue weighted by molar-refractivity contribution is 0.0480. The molecule has 0 aromatic heterocycles. The van der Waals surface area contributed by atoms with Crippen LogP contribution >= 0.6 is 0 Å². The third-order valence-corrected chi connectivity index (χ3v) is 8.99. The summed E-state index contributed by atoms with van der Waals surface area (Å²) in [7, 11) is -3.43. The summed E-state index contributed by atoms with van der Waals surface area (Å²) in [5.41, 5.74) is 0.910. The molecule has 0 radical (unpaired) electrons. The molecule has 1 spiro atoms. The monoisotopic (exact) mass is 408 g/mol. The summed E-state index contributed by atoms with van der Waals surface area (Å²) in [5, 5.41) is 9.53. The molecule has 3 heterocycles. The van der Waals surface area contributed by atoms with Crippen LogP contribution in [0.5, 0.6) is 0 Å². The Balaban J connectivity index is 1.36. The Morgan fingerprint density at radius 2 is 1.96 bits per heavy atom. The van der Waals surface area contributed by atoms with Crippen molar-refractivity contribution in [2.24, 2.45) is 5.41 Å². The first-order valence-corrected chi connectivity index (χ1v) is 11.9. The van der Waals surface area contributed by atoms with E-state index in [0.29, 0.717) is 18.0 Å². The van der Waals surface area contributed by atoms with Gasteiger partial charge in [0.15, 0.2) is 0 Å². The minimum absolute atomic E-state index is 0.108. The fraction of sp³-hybridized carbons (Fsp3) is 0.714. The average molecular weight is 409 g/mol. The van der Waals surface area contributed by atoms with E-state index in [9.17, 15) is 13.5 Å². The van der Waals surface area contributed by atoms with Gasteiger partial charge in [-0.25, -0.2) is 8.42 Å². The summed E-state index contributed by atoms with van der Waals surface area (Å²) in [5.74, 6) is 0. The maximum atomic E-state index is 13.0. The zero-order valence-electron chi connectivity index (χ0n) is 16.7. The average Bonchev–Trinajstić information content (AvgIpc) is 3.29. The van der Waals surface area contributed by atoms with Gasteiger partial charge >= 0.3 is 0 Å². The van der Waals surface area contributed by atoms with Gasteiger partial charge in [-0.05, 0) is 62.6 Å². The number of benzene rings is 1. The molecule has 156 valence electrons. The maximum absolute atomic E-state index is 13.0. The highest BCUT2D eigenvalue weighted by molar-refractivity contribution is 7.89. The molecular weight excluding hydrogens is 376 g/mol. The zero-order valence-corrected chi connectivity index (χ0v) is 17.5. The summed E-state index contributed by atoms with van der Waals surface area (Å²) in [4.78, 5) is 2.79. The second-order valence-corrected chi connectivity index (χ2v) is 10.7. The van der Waals surface area contributed by atoms with Crippen molar-refractivity contribution in [1.82, 2.24) is 9.21 Å². The van der Waals surface area contributed by atoms with Crippen LogP contribution in [0, 0.1) is 12.3 Å². The van der Waals surface area contributed by atoms with E-state index in [4.69, 9.17) is 4.74 Å². The van der Waals surface area contributed by atoms with Crippen LogP contribution in [0.4, 0.5) is 0 Å². The molecule has 0 aliphatic carbocycles. The first-order valence-electron chi connectivity index (χ1n) is 10.5. The first kappa shape index (κ1) is 20.3. The Kier molecular flexibility index (Phi) is 5.82. The molecule has 3 fully saturated rings. The third-order valence-electron chi connectivity index (χ3n) is 6.93. The second-order valence-electron chi connectivity index (χ2n) is 8.78. The summed E-state index contributed by atoms with van der Waals surface area (Å²) < 4.78 is 33.9. The standard InChI is InChI=1S/C21H32N2O4S/c1-17-5-2-3-7-20(17)28(25,26)23-11-8-21(9-12-23)13-19(27-16-21)14-22-10-4-6-18(22)15-24/h2-3,5,7,18-19,24H,4,6,8-16H2,1H3/t18-,19+/m0/s1. The number of rotatable bonds is 5. The van der Waals surface area contributed by atoms with Gasteiger partial charge in [0.2, 0.25) is 10.0 Å². The summed E-state index contributed by atoms with van der Waals surface area (Å²) in [6.45, 7) is 5.87. The molecule has 0 amide bonds. The normalized spacial score (nSPS) is 28.9. The van der Waals surface area contributed by atoms with E-state index in [1.807, 2.05) is 19.1 Å². The fourth-order valence-corrected chi connectivity index (χ4v) is 6.82. The molecule has 3 saturated heterocycles. The van der Waals surface area contributed by atoms with Crippen LogP contribution < -0.4 is 0 Å². The van der Waals surface area contributed by atoms with Crippen molar-refractivity contribution >= 4 is 10.0 Å². The van der Waals surface area contributed by atoms with Gasteiger partial charge in [0, 0.05) is 25.7 Å². The van der Waals surface area contributed by atoms with Gasteiger partial charge < -0.3 is 9.84 Å². The smallest absolute Gasteiger partial charge is 0.243 e. The number of sulfonamides is 1. The van der Waals surface area contributed by atoms with Gasteiger partial charge in [-0.3, -0.25) is 4.90 Å². The molecule has 0 bridgehead atoms. The topological polar surface area (TPSA) is 70.1 Å². The molecule has 4 rings (SSSR count). The predicted molar refractivity (Wildman–Crippen MR) is 108 cm³/mol. The molecule has 3 aliphatic rings. The summed E-state index contributed by atoms with van der Waals surface area (Å²) in [6, 6.07) is 7.50. The van der Waals surface area contributed by atoms with Crippen molar-refractivity contribution in [3.8, 4) is 0 Å². The largest absolute Gasteiger partial charge is 0.395 e. The van der Waals surface area contributed by atoms with Crippen LogP contribution in [0.15, 0.2) is 29.2 Å². The Bertz CT molecular complexity index is 789. The number of hydrogen-bond donors (Lipinski definition) is 1. The molecule has 3 aliphatic heterocycles. The minimum atomic E-state index is -3.43. The van der Waals surface area contributed by atoms with Crippen molar-refractivity contribution in [3.05, 3.63) is 29.8 Å². The van der Waals surface area contributed by atoms with Gasteiger partial charge in [0.05, 0.1) is 24.2 Å². The molecule has 2 atom stereocenters. The molecule has 6 nitrogen and oxygen atoms in total. The van der Waals surface area contributed by atoms with Crippen LogP contribution in [0.3, 0.4) is 0 Å². The van der Waals surface area contributed by atoms with Crippen LogP contribution in [-0.4, -0.2) is 74.3 Å². The molecule has 1 aromatic carbocycles. The Hall–Kier alpha value is -0.990. The van der Waals surface area contributed by atoms with Crippen LogP contribution in [0.2, 0.25) is 0 Å². The number of piperidine rings is 1. The molecule has 7 heteroatoms. The number of aliphatic hydroxyl groups is 1. The van der Waals surface area contributed by atoms with Crippen molar-refractivity contribution in [2.75, 3.05) is 39.4 Å². The van der Waals surface area contributed by atoms with E-state index in [0.717, 1.165) is 57.4 Å². The van der Waals surface area contributed by atoms with E-state index in [2.05, 4.69) is 4.90 Å². The highest BCUT2D eigenvalue weighted by Gasteiger charge is 2.45. The van der Waals surface area contributed by atoms with Gasteiger partial charge in [-0.15, -0.1) is 0 Å². The number of likely N-dealkylation sites (tertiary alicyclic amines) is 1. The van der Waals surface area contributed by atoms with E-state index < -0.39 is 10.0 Å². The van der Waals surface area contributed by atoms with Crippen molar-refractivity contribution < 1.29 is 18.3 Å².